The van der Waals surface area contributed by atoms with Crippen molar-refractivity contribution in [2.45, 2.75) is 0 Å². The zero-order chi connectivity index (χ0) is 11.1. The molecule has 0 aliphatic carbocycles. The molecular weight excluding hydrogens is 192 g/mol. The summed E-state index contributed by atoms with van der Waals surface area (Å²) in [6.07, 6.45) is 1.18. The molecule has 0 spiro atoms. The highest BCUT2D eigenvalue weighted by Crippen LogP contribution is 2.50. The van der Waals surface area contributed by atoms with E-state index in [2.05, 4.69) is 6.58 Å². The zero-order valence-electron chi connectivity index (χ0n) is 8.36. The minimum atomic E-state index is -3.67. The van der Waals surface area contributed by atoms with Crippen molar-refractivity contribution in [2.24, 2.45) is 0 Å². The van der Waals surface area contributed by atoms with Gasteiger partial charge in [0.05, 0.1) is 6.07 Å². The molecule has 13 heavy (non-hydrogen) atoms. The molecule has 0 atom stereocenters. The first-order valence-corrected chi connectivity index (χ1v) is 4.96. The summed E-state index contributed by atoms with van der Waals surface area (Å²) in [7, 11) is 2.11. The van der Waals surface area contributed by atoms with Gasteiger partial charge in [0.2, 0.25) is 0 Å². The molecule has 0 rings (SSSR count). The van der Waals surface area contributed by atoms with E-state index in [1.54, 1.807) is 6.07 Å². The first-order chi connectivity index (χ1) is 5.80. The number of nitriles is 1. The highest BCUT2D eigenvalue weighted by Gasteiger charge is 2.26. The van der Waals surface area contributed by atoms with Crippen LogP contribution in [0.15, 0.2) is 12.7 Å². The largest absolute Gasteiger partial charge is 0.381 e. The summed E-state index contributed by atoms with van der Waals surface area (Å²) >= 11 is 0. The number of hydrogen-bond acceptors (Lipinski definition) is 2. The van der Waals surface area contributed by atoms with Gasteiger partial charge in [-0.05, 0) is 28.2 Å². The molecule has 0 saturated heterocycles. The lowest BCUT2D eigenvalue weighted by Gasteiger charge is -2.21. The third-order valence-corrected chi connectivity index (χ3v) is 3.05. The first-order valence-electron chi connectivity index (χ1n) is 3.46. The molecule has 0 unspecified atom stereocenters. The van der Waals surface area contributed by atoms with Crippen molar-refractivity contribution in [1.29, 1.82) is 5.26 Å². The maximum atomic E-state index is 12.7. The number of rotatable bonds is 2. The maximum absolute atomic E-state index is 12.7. The van der Waals surface area contributed by atoms with E-state index in [1.807, 2.05) is 0 Å². The lowest BCUT2D eigenvalue weighted by molar-refractivity contribution is 0.399. The van der Waals surface area contributed by atoms with Crippen molar-refractivity contribution >= 4 is 7.75 Å². The maximum Gasteiger partial charge on any atom is 0.381 e. The molecule has 0 aliphatic rings. The summed E-state index contributed by atoms with van der Waals surface area (Å²) < 4.78 is 25.7. The molecule has 0 N–H and O–H groups in total. The Morgan fingerprint density at radius 1 is 1.38 bits per heavy atom. The summed E-state index contributed by atoms with van der Waals surface area (Å²) in [5.41, 5.74) is 0. The second-order valence-electron chi connectivity index (χ2n) is 2.50. The van der Waals surface area contributed by atoms with Gasteiger partial charge < -0.3 is 0 Å². The van der Waals surface area contributed by atoms with E-state index in [9.17, 15) is 8.76 Å². The van der Waals surface area contributed by atoms with Gasteiger partial charge in [-0.25, -0.2) is 9.34 Å². The monoisotopic (exact) mass is 207 g/mol. The molecule has 0 heterocycles. The van der Waals surface area contributed by atoms with Crippen molar-refractivity contribution in [3.63, 3.8) is 0 Å². The van der Waals surface area contributed by atoms with Crippen LogP contribution in [0, 0.1) is 11.3 Å². The SMILES string of the molecule is C=CC#N.CN(C)P(=O)(F)N(C)C. The predicted molar refractivity (Wildman–Crippen MR) is 51.9 cm³/mol. The molecule has 6 heteroatoms. The average molecular weight is 207 g/mol. The molecule has 4 nitrogen and oxygen atoms in total. The van der Waals surface area contributed by atoms with Crippen LogP contribution in [0.2, 0.25) is 0 Å². The zero-order valence-corrected chi connectivity index (χ0v) is 9.25. The topological polar surface area (TPSA) is 47.3 Å². The molecule has 0 fully saturated rings. The van der Waals surface area contributed by atoms with Gasteiger partial charge in [0.25, 0.3) is 0 Å². The van der Waals surface area contributed by atoms with Crippen LogP contribution in [0.5, 0.6) is 0 Å². The van der Waals surface area contributed by atoms with Crippen molar-refractivity contribution < 1.29 is 8.76 Å². The number of hydrogen-bond donors (Lipinski definition) is 0. The fourth-order valence-corrected chi connectivity index (χ4v) is 1.07. The van der Waals surface area contributed by atoms with Crippen LogP contribution in [-0.2, 0) is 4.57 Å². The normalized spacial score (nSPS) is 10.3. The van der Waals surface area contributed by atoms with Gasteiger partial charge in [0.1, 0.15) is 0 Å². The molecule has 0 aliphatic heterocycles. The van der Waals surface area contributed by atoms with Gasteiger partial charge in [-0.1, -0.05) is 6.58 Å². The number of allylic oxidation sites excluding steroid dienone is 1. The number of halogens is 1. The highest BCUT2D eigenvalue weighted by molar-refractivity contribution is 7.53. The smallest absolute Gasteiger partial charge is 0.251 e. The summed E-state index contributed by atoms with van der Waals surface area (Å²) in [6.45, 7) is 3.12. The standard InChI is InChI=1S/C4H12FN2OP.C3H3N/c1-6(2)9(5,8)7(3)4;1-2-3-4/h1-4H3;2H,1H2. The van der Waals surface area contributed by atoms with Crippen LogP contribution in [-0.4, -0.2) is 37.5 Å². The van der Waals surface area contributed by atoms with E-state index in [0.717, 1.165) is 9.34 Å². The Labute approximate surface area is 78.8 Å². The van der Waals surface area contributed by atoms with Crippen LogP contribution < -0.4 is 0 Å². The molecule has 0 aromatic carbocycles. The Balaban J connectivity index is 0. The fraction of sp³-hybridized carbons (Fsp3) is 0.571. The quantitative estimate of drug-likeness (QED) is 0.512. The van der Waals surface area contributed by atoms with Gasteiger partial charge in [-0.3, -0.25) is 4.57 Å². The van der Waals surface area contributed by atoms with Gasteiger partial charge in [0, 0.05) is 6.08 Å². The van der Waals surface area contributed by atoms with E-state index in [0.29, 0.717) is 0 Å². The average Bonchev–Trinajstić information content (AvgIpc) is 2.04. The molecule has 76 valence electrons. The molecule has 0 bridgehead atoms. The molecule has 0 amide bonds. The summed E-state index contributed by atoms with van der Waals surface area (Å²) in [5, 5.41) is 7.51. The molecule has 0 saturated carbocycles. The second-order valence-corrected chi connectivity index (χ2v) is 5.05. The van der Waals surface area contributed by atoms with Crippen LogP contribution in [0.1, 0.15) is 0 Å². The van der Waals surface area contributed by atoms with E-state index in [-0.39, 0.29) is 0 Å². The van der Waals surface area contributed by atoms with Gasteiger partial charge in [-0.15, -0.1) is 0 Å². The lowest BCUT2D eigenvalue weighted by atomic mass is 10.8. The minimum Gasteiger partial charge on any atom is -0.251 e. The molecule has 0 radical (unpaired) electrons. The third-order valence-electron chi connectivity index (χ3n) is 1.08. The van der Waals surface area contributed by atoms with Crippen molar-refractivity contribution in [3.8, 4) is 6.07 Å². The summed E-state index contributed by atoms with van der Waals surface area (Å²) in [4.78, 5) is 0. The third kappa shape index (κ3) is 6.47. The Kier molecular flexibility index (Phi) is 7.73. The van der Waals surface area contributed by atoms with Crippen LogP contribution in [0.3, 0.4) is 0 Å². The molecular formula is C7H15FN3OP. The Morgan fingerprint density at radius 3 is 1.62 bits per heavy atom. The van der Waals surface area contributed by atoms with Gasteiger partial charge >= 0.3 is 7.75 Å². The van der Waals surface area contributed by atoms with Gasteiger partial charge in [-0.2, -0.15) is 9.46 Å². The van der Waals surface area contributed by atoms with Crippen LogP contribution in [0.4, 0.5) is 4.20 Å². The fourth-order valence-electron chi connectivity index (χ4n) is 0.358. The highest BCUT2D eigenvalue weighted by atomic mass is 31.2. The van der Waals surface area contributed by atoms with E-state index < -0.39 is 7.75 Å². The lowest BCUT2D eigenvalue weighted by Crippen LogP contribution is -2.17. The van der Waals surface area contributed by atoms with Crippen LogP contribution >= 0.6 is 7.75 Å². The van der Waals surface area contributed by atoms with E-state index in [4.69, 9.17) is 5.26 Å². The predicted octanol–water partition coefficient (Wildman–Crippen LogP) is 1.88. The molecule has 0 aromatic rings. The van der Waals surface area contributed by atoms with Crippen molar-refractivity contribution in [2.75, 3.05) is 28.2 Å². The minimum absolute atomic E-state index is 1.08. The van der Waals surface area contributed by atoms with Gasteiger partial charge in [0.15, 0.2) is 0 Å². The Morgan fingerprint density at radius 2 is 1.62 bits per heavy atom. The molecule has 0 aromatic heterocycles. The Hall–Kier alpha value is -0.690. The van der Waals surface area contributed by atoms with E-state index >= 15 is 0 Å². The van der Waals surface area contributed by atoms with Crippen molar-refractivity contribution in [1.82, 2.24) is 9.34 Å². The van der Waals surface area contributed by atoms with E-state index in [1.165, 1.54) is 34.3 Å². The van der Waals surface area contributed by atoms with Crippen molar-refractivity contribution in [3.05, 3.63) is 12.7 Å². The Bertz CT molecular complexity index is 222. The summed E-state index contributed by atoms with van der Waals surface area (Å²) in [6, 6.07) is 1.69. The van der Waals surface area contributed by atoms with Crippen LogP contribution in [0.25, 0.3) is 0 Å². The number of nitrogens with zero attached hydrogens (tertiary/aromatic N) is 3. The summed E-state index contributed by atoms with van der Waals surface area (Å²) in [5.74, 6) is 0. The second kappa shape index (κ2) is 6.79. The first kappa shape index (κ1) is 14.8.